The Morgan fingerprint density at radius 2 is 1.95 bits per heavy atom. The molecule has 5 nitrogen and oxygen atoms in total. The van der Waals surface area contributed by atoms with Crippen LogP contribution in [0.25, 0.3) is 0 Å². The SMILES string of the molecule is Cc1sc(C(=O)O)cc1S(=O)(=O)N1CCC(C(C)C)CC1. The fourth-order valence-electron chi connectivity index (χ4n) is 2.75. The molecule has 0 spiro atoms. The van der Waals surface area contributed by atoms with Crippen LogP contribution in [0.4, 0.5) is 0 Å². The van der Waals surface area contributed by atoms with Crippen molar-refractivity contribution in [2.45, 2.75) is 38.5 Å². The molecule has 0 saturated carbocycles. The van der Waals surface area contributed by atoms with Crippen molar-refractivity contribution in [1.82, 2.24) is 4.31 Å². The minimum absolute atomic E-state index is 0.0724. The van der Waals surface area contributed by atoms with Crippen molar-refractivity contribution in [3.8, 4) is 0 Å². The van der Waals surface area contributed by atoms with Gasteiger partial charge in [0.2, 0.25) is 10.0 Å². The molecule has 7 heteroatoms. The number of hydrogen-bond acceptors (Lipinski definition) is 4. The van der Waals surface area contributed by atoms with Crippen LogP contribution in [0.3, 0.4) is 0 Å². The van der Waals surface area contributed by atoms with Crippen molar-refractivity contribution >= 4 is 27.3 Å². The third-order valence-corrected chi connectivity index (χ3v) is 7.33. The molecule has 0 bridgehead atoms. The van der Waals surface area contributed by atoms with Crippen LogP contribution in [0.1, 0.15) is 41.2 Å². The van der Waals surface area contributed by atoms with E-state index < -0.39 is 16.0 Å². The topological polar surface area (TPSA) is 74.7 Å². The van der Waals surface area contributed by atoms with Gasteiger partial charge in [0, 0.05) is 18.0 Å². The minimum atomic E-state index is -3.57. The molecule has 0 atom stereocenters. The molecule has 1 N–H and O–H groups in total. The second-order valence-corrected chi connectivity index (χ2v) is 8.98. The number of carboxylic acid groups (broad SMARTS) is 1. The van der Waals surface area contributed by atoms with Gasteiger partial charge in [-0.05, 0) is 37.7 Å². The van der Waals surface area contributed by atoms with Gasteiger partial charge in [0.05, 0.1) is 4.90 Å². The molecule has 0 aromatic carbocycles. The highest BCUT2D eigenvalue weighted by molar-refractivity contribution is 7.89. The van der Waals surface area contributed by atoms with Crippen molar-refractivity contribution in [2.75, 3.05) is 13.1 Å². The van der Waals surface area contributed by atoms with Crippen molar-refractivity contribution < 1.29 is 18.3 Å². The number of carbonyl (C=O) groups is 1. The molecule has 2 rings (SSSR count). The average Bonchev–Trinajstić information content (AvgIpc) is 2.82. The summed E-state index contributed by atoms with van der Waals surface area (Å²) in [5.41, 5.74) is 0. The van der Waals surface area contributed by atoms with Gasteiger partial charge >= 0.3 is 5.97 Å². The predicted molar refractivity (Wildman–Crippen MR) is 82.3 cm³/mol. The molecule has 2 heterocycles. The van der Waals surface area contributed by atoms with Crippen molar-refractivity contribution in [1.29, 1.82) is 0 Å². The van der Waals surface area contributed by atoms with Gasteiger partial charge in [-0.2, -0.15) is 4.31 Å². The van der Waals surface area contributed by atoms with Crippen LogP contribution < -0.4 is 0 Å². The summed E-state index contributed by atoms with van der Waals surface area (Å²) in [5.74, 6) is 0.0500. The van der Waals surface area contributed by atoms with Crippen LogP contribution in [-0.4, -0.2) is 36.9 Å². The maximum atomic E-state index is 12.7. The maximum absolute atomic E-state index is 12.7. The van der Waals surface area contributed by atoms with E-state index in [0.717, 1.165) is 24.2 Å². The maximum Gasteiger partial charge on any atom is 0.345 e. The first-order valence-electron chi connectivity index (χ1n) is 7.07. The lowest BCUT2D eigenvalue weighted by molar-refractivity contribution is 0.0702. The summed E-state index contributed by atoms with van der Waals surface area (Å²) in [4.78, 5) is 11.7. The van der Waals surface area contributed by atoms with Crippen LogP contribution in [0.15, 0.2) is 11.0 Å². The number of nitrogens with zero attached hydrogens (tertiary/aromatic N) is 1. The van der Waals surface area contributed by atoms with Crippen LogP contribution in [-0.2, 0) is 10.0 Å². The van der Waals surface area contributed by atoms with Gasteiger partial charge in [0.25, 0.3) is 0 Å². The quantitative estimate of drug-likeness (QED) is 0.920. The Labute approximate surface area is 129 Å². The zero-order chi connectivity index (χ0) is 15.8. The number of piperidine rings is 1. The molecule has 1 saturated heterocycles. The second kappa shape index (κ2) is 6.06. The standard InChI is InChI=1S/C14H21NO4S2/c1-9(2)11-4-6-15(7-5-11)21(18,19)13-8-12(14(16)17)20-10(13)3/h8-9,11H,4-7H2,1-3H3,(H,16,17). The summed E-state index contributed by atoms with van der Waals surface area (Å²) >= 11 is 1.01. The molecular weight excluding hydrogens is 310 g/mol. The first-order valence-corrected chi connectivity index (χ1v) is 9.33. The van der Waals surface area contributed by atoms with Gasteiger partial charge in [-0.15, -0.1) is 11.3 Å². The molecule has 1 aromatic rings. The third-order valence-electron chi connectivity index (χ3n) is 4.14. The van der Waals surface area contributed by atoms with Gasteiger partial charge in [-0.3, -0.25) is 0 Å². The van der Waals surface area contributed by atoms with E-state index in [4.69, 9.17) is 5.11 Å². The second-order valence-electron chi connectivity index (χ2n) is 5.82. The van der Waals surface area contributed by atoms with Gasteiger partial charge in [-0.1, -0.05) is 13.8 Å². The Morgan fingerprint density at radius 1 is 1.38 bits per heavy atom. The first kappa shape index (κ1) is 16.5. The highest BCUT2D eigenvalue weighted by atomic mass is 32.2. The van der Waals surface area contributed by atoms with Crippen molar-refractivity contribution in [3.63, 3.8) is 0 Å². The molecule has 0 radical (unpaired) electrons. The lowest BCUT2D eigenvalue weighted by atomic mass is 9.87. The lowest BCUT2D eigenvalue weighted by Crippen LogP contribution is -2.39. The minimum Gasteiger partial charge on any atom is -0.477 e. The summed E-state index contributed by atoms with van der Waals surface area (Å²) in [6, 6.07) is 1.28. The van der Waals surface area contributed by atoms with Crippen LogP contribution >= 0.6 is 11.3 Å². The summed E-state index contributed by atoms with van der Waals surface area (Å²) in [7, 11) is -3.57. The van der Waals surface area contributed by atoms with E-state index in [1.165, 1.54) is 10.4 Å². The highest BCUT2D eigenvalue weighted by Crippen LogP contribution is 2.32. The van der Waals surface area contributed by atoms with Gasteiger partial charge in [0.1, 0.15) is 4.88 Å². The smallest absolute Gasteiger partial charge is 0.345 e. The number of sulfonamides is 1. The number of carboxylic acids is 1. The zero-order valence-corrected chi connectivity index (χ0v) is 14.1. The van der Waals surface area contributed by atoms with E-state index in [2.05, 4.69) is 13.8 Å². The highest BCUT2D eigenvalue weighted by Gasteiger charge is 2.32. The number of hydrogen-bond donors (Lipinski definition) is 1. The Bertz CT molecular complexity index is 625. The summed E-state index contributed by atoms with van der Waals surface area (Å²) in [6.07, 6.45) is 1.73. The molecule has 118 valence electrons. The molecule has 0 amide bonds. The van der Waals surface area contributed by atoms with Gasteiger partial charge in [-0.25, -0.2) is 13.2 Å². The monoisotopic (exact) mass is 331 g/mol. The Hall–Kier alpha value is -0.920. The summed E-state index contributed by atoms with van der Waals surface area (Å²) < 4.78 is 26.8. The zero-order valence-electron chi connectivity index (χ0n) is 12.5. The normalized spacial score (nSPS) is 18.3. The molecule has 0 unspecified atom stereocenters. The van der Waals surface area contributed by atoms with E-state index in [0.29, 0.717) is 29.8 Å². The fourth-order valence-corrected chi connectivity index (χ4v) is 5.62. The Kier molecular flexibility index (Phi) is 4.75. The van der Waals surface area contributed by atoms with Crippen molar-refractivity contribution in [3.05, 3.63) is 15.8 Å². The predicted octanol–water partition coefficient (Wildman–Crippen LogP) is 2.81. The number of thiophene rings is 1. The summed E-state index contributed by atoms with van der Waals surface area (Å²) in [6.45, 7) is 7.02. The van der Waals surface area contributed by atoms with E-state index in [1.807, 2.05) is 0 Å². The van der Waals surface area contributed by atoms with E-state index in [9.17, 15) is 13.2 Å². The number of aryl methyl sites for hydroxylation is 1. The lowest BCUT2D eigenvalue weighted by Gasteiger charge is -2.33. The molecule has 0 aliphatic carbocycles. The van der Waals surface area contributed by atoms with Crippen LogP contribution in [0.5, 0.6) is 0 Å². The van der Waals surface area contributed by atoms with E-state index in [-0.39, 0.29) is 9.77 Å². The van der Waals surface area contributed by atoms with Gasteiger partial charge in [0.15, 0.2) is 0 Å². The molecule has 1 aromatic heterocycles. The van der Waals surface area contributed by atoms with Crippen molar-refractivity contribution in [2.24, 2.45) is 11.8 Å². The van der Waals surface area contributed by atoms with Gasteiger partial charge < -0.3 is 5.11 Å². The molecule has 1 aliphatic rings. The summed E-state index contributed by atoms with van der Waals surface area (Å²) in [5, 5.41) is 9.00. The van der Waals surface area contributed by atoms with E-state index in [1.54, 1.807) is 6.92 Å². The largest absolute Gasteiger partial charge is 0.477 e. The van der Waals surface area contributed by atoms with Crippen LogP contribution in [0.2, 0.25) is 0 Å². The van der Waals surface area contributed by atoms with E-state index >= 15 is 0 Å². The number of aromatic carboxylic acids is 1. The van der Waals surface area contributed by atoms with Crippen LogP contribution in [0, 0.1) is 18.8 Å². The molecule has 21 heavy (non-hydrogen) atoms. The number of rotatable bonds is 4. The Morgan fingerprint density at radius 3 is 2.38 bits per heavy atom. The molecular formula is C14H21NO4S2. The fraction of sp³-hybridized carbons (Fsp3) is 0.643. The Balaban J connectivity index is 2.21. The first-order chi connectivity index (χ1) is 9.73. The molecule has 1 fully saturated rings. The average molecular weight is 331 g/mol. The molecule has 1 aliphatic heterocycles. The third kappa shape index (κ3) is 3.30.